The topological polar surface area (TPSA) is 100 Å². The molecule has 2 N–H and O–H groups in total. The number of esters is 2. The summed E-state index contributed by atoms with van der Waals surface area (Å²) >= 11 is 6.41. The number of nitrogens with two attached hydrogens (primary N) is 1. The first-order valence-electron chi connectivity index (χ1n) is 9.02. The Hall–Kier alpha value is -2.22. The van der Waals surface area contributed by atoms with E-state index in [-0.39, 0.29) is 18.8 Å². The molecule has 0 aromatic heterocycles. The van der Waals surface area contributed by atoms with E-state index in [1.165, 1.54) is 7.11 Å². The average molecular weight is 409 g/mol. The van der Waals surface area contributed by atoms with E-state index in [9.17, 15) is 9.59 Å². The van der Waals surface area contributed by atoms with Crippen molar-refractivity contribution in [3.63, 3.8) is 0 Å². The number of halogens is 1. The van der Waals surface area contributed by atoms with Gasteiger partial charge < -0.3 is 19.9 Å². The van der Waals surface area contributed by atoms with E-state index in [0.29, 0.717) is 35.0 Å². The molecule has 8 heteroatoms. The van der Waals surface area contributed by atoms with Gasteiger partial charge >= 0.3 is 11.9 Å². The summed E-state index contributed by atoms with van der Waals surface area (Å²) in [5.41, 5.74) is 7.14. The lowest BCUT2D eigenvalue weighted by atomic mass is 9.80. The van der Waals surface area contributed by atoms with Crippen molar-refractivity contribution in [3.05, 3.63) is 40.4 Å². The number of hydrogen-bond donors (Lipinski definition) is 1. The molecule has 0 spiro atoms. The normalized spacial score (nSPS) is 19.2. The molecule has 1 aliphatic heterocycles. The summed E-state index contributed by atoms with van der Waals surface area (Å²) in [6.07, 6.45) is 0. The highest BCUT2D eigenvalue weighted by Crippen LogP contribution is 2.39. The minimum absolute atomic E-state index is 0.153. The Morgan fingerprint density at radius 1 is 1.29 bits per heavy atom. The SMILES string of the molecule is CCOC(=O)C1C(c2ccccc2Cl)=C(C(=O)OC)C(C)=NC1COCCN. The fourth-order valence-electron chi connectivity index (χ4n) is 3.20. The van der Waals surface area contributed by atoms with Crippen molar-refractivity contribution < 1.29 is 23.8 Å². The molecule has 0 amide bonds. The van der Waals surface area contributed by atoms with Gasteiger partial charge in [0.1, 0.15) is 5.92 Å². The van der Waals surface area contributed by atoms with Crippen molar-refractivity contribution in [1.29, 1.82) is 0 Å². The molecule has 28 heavy (non-hydrogen) atoms. The molecular formula is C20H25ClN2O5. The highest BCUT2D eigenvalue weighted by Gasteiger charge is 2.41. The number of aliphatic imine (C=N–C) groups is 1. The first kappa shape index (κ1) is 22.1. The first-order chi connectivity index (χ1) is 13.5. The standard InChI is InChI=1S/C20H25ClN2O5/c1-4-28-20(25)18-15(11-27-10-9-22)23-12(2)16(19(24)26-3)17(18)13-7-5-6-8-14(13)21/h5-8,15,18H,4,9-11,22H2,1-3H3. The van der Waals surface area contributed by atoms with E-state index in [1.54, 1.807) is 38.1 Å². The Morgan fingerprint density at radius 3 is 2.61 bits per heavy atom. The molecule has 7 nitrogen and oxygen atoms in total. The second kappa shape index (κ2) is 10.4. The Labute approximate surface area is 169 Å². The van der Waals surface area contributed by atoms with Crippen LogP contribution in [0.3, 0.4) is 0 Å². The van der Waals surface area contributed by atoms with Gasteiger partial charge in [0.15, 0.2) is 0 Å². The van der Waals surface area contributed by atoms with Crippen molar-refractivity contribution in [2.45, 2.75) is 19.9 Å². The highest BCUT2D eigenvalue weighted by atomic mass is 35.5. The summed E-state index contributed by atoms with van der Waals surface area (Å²) in [5, 5.41) is 0.407. The van der Waals surface area contributed by atoms with Gasteiger partial charge in [-0.1, -0.05) is 29.8 Å². The zero-order valence-corrected chi connectivity index (χ0v) is 17.0. The van der Waals surface area contributed by atoms with Crippen LogP contribution >= 0.6 is 11.6 Å². The molecule has 1 aromatic carbocycles. The lowest BCUT2D eigenvalue weighted by Gasteiger charge is -2.31. The summed E-state index contributed by atoms with van der Waals surface area (Å²) in [6.45, 7) is 4.43. The summed E-state index contributed by atoms with van der Waals surface area (Å²) in [5.74, 6) is -1.96. The molecule has 1 aromatic rings. The largest absolute Gasteiger partial charge is 0.465 e. The maximum absolute atomic E-state index is 12.9. The Morgan fingerprint density at radius 2 is 2.00 bits per heavy atom. The molecule has 0 fully saturated rings. The third-order valence-electron chi connectivity index (χ3n) is 4.33. The van der Waals surface area contributed by atoms with E-state index in [0.717, 1.165) is 0 Å². The molecule has 2 rings (SSSR count). The molecule has 0 saturated heterocycles. The molecule has 1 heterocycles. The van der Waals surface area contributed by atoms with E-state index < -0.39 is 23.9 Å². The maximum atomic E-state index is 12.9. The Balaban J connectivity index is 2.67. The lowest BCUT2D eigenvalue weighted by Crippen LogP contribution is -2.39. The predicted octanol–water partition coefficient (Wildman–Crippen LogP) is 2.26. The predicted molar refractivity (Wildman–Crippen MR) is 107 cm³/mol. The number of ether oxygens (including phenoxy) is 3. The van der Waals surface area contributed by atoms with E-state index >= 15 is 0 Å². The monoisotopic (exact) mass is 408 g/mol. The van der Waals surface area contributed by atoms with Crippen LogP contribution in [0.5, 0.6) is 0 Å². The molecule has 0 saturated carbocycles. The first-order valence-corrected chi connectivity index (χ1v) is 9.40. The van der Waals surface area contributed by atoms with Gasteiger partial charge in [-0.25, -0.2) is 4.79 Å². The van der Waals surface area contributed by atoms with Crippen LogP contribution in [0.2, 0.25) is 5.02 Å². The fraction of sp³-hybridized carbons (Fsp3) is 0.450. The molecule has 0 radical (unpaired) electrons. The van der Waals surface area contributed by atoms with E-state index in [2.05, 4.69) is 4.99 Å². The quantitative estimate of drug-likeness (QED) is 0.523. The van der Waals surface area contributed by atoms with Crippen molar-refractivity contribution in [1.82, 2.24) is 0 Å². The number of nitrogens with zero attached hydrogens (tertiary/aromatic N) is 1. The van der Waals surface area contributed by atoms with E-state index in [1.807, 2.05) is 0 Å². The van der Waals surface area contributed by atoms with Crippen molar-refractivity contribution in [2.24, 2.45) is 16.6 Å². The van der Waals surface area contributed by atoms with Gasteiger partial charge in [-0.2, -0.15) is 0 Å². The van der Waals surface area contributed by atoms with E-state index in [4.69, 9.17) is 31.5 Å². The number of hydrogen-bond acceptors (Lipinski definition) is 7. The number of benzene rings is 1. The second-order valence-corrected chi connectivity index (χ2v) is 6.54. The van der Waals surface area contributed by atoms with Gasteiger partial charge in [0.25, 0.3) is 0 Å². The Kier molecular flexibility index (Phi) is 8.17. The molecule has 0 aliphatic carbocycles. The minimum atomic E-state index is -0.865. The van der Waals surface area contributed by atoms with Crippen LogP contribution in [-0.2, 0) is 23.8 Å². The van der Waals surface area contributed by atoms with Crippen LogP contribution in [0.15, 0.2) is 34.8 Å². The van der Waals surface area contributed by atoms with Gasteiger partial charge in [0.05, 0.1) is 38.5 Å². The highest BCUT2D eigenvalue weighted by molar-refractivity contribution is 6.34. The van der Waals surface area contributed by atoms with Gasteiger partial charge in [0, 0.05) is 17.3 Å². The third-order valence-corrected chi connectivity index (χ3v) is 4.66. The number of carbonyl (C=O) groups excluding carboxylic acids is 2. The number of dihydropyridines is 1. The fourth-order valence-corrected chi connectivity index (χ4v) is 3.44. The zero-order valence-electron chi connectivity index (χ0n) is 16.2. The van der Waals surface area contributed by atoms with Crippen molar-refractivity contribution in [3.8, 4) is 0 Å². The summed E-state index contributed by atoms with van der Waals surface area (Å²) < 4.78 is 15.8. The van der Waals surface area contributed by atoms with Crippen molar-refractivity contribution in [2.75, 3.05) is 33.5 Å². The van der Waals surface area contributed by atoms with Crippen LogP contribution in [0.25, 0.3) is 5.57 Å². The summed E-state index contributed by atoms with van der Waals surface area (Å²) in [4.78, 5) is 30.0. The van der Waals surface area contributed by atoms with Gasteiger partial charge in [-0.15, -0.1) is 0 Å². The smallest absolute Gasteiger partial charge is 0.340 e. The summed E-state index contributed by atoms with van der Waals surface area (Å²) in [7, 11) is 1.28. The van der Waals surface area contributed by atoms with Gasteiger partial charge in [0.2, 0.25) is 0 Å². The molecule has 0 bridgehead atoms. The minimum Gasteiger partial charge on any atom is -0.465 e. The maximum Gasteiger partial charge on any atom is 0.340 e. The molecular weight excluding hydrogens is 384 g/mol. The summed E-state index contributed by atoms with van der Waals surface area (Å²) in [6, 6.07) is 6.43. The Bertz CT molecular complexity index is 791. The van der Waals surface area contributed by atoms with Crippen LogP contribution < -0.4 is 5.73 Å². The third kappa shape index (κ3) is 4.79. The van der Waals surface area contributed by atoms with Crippen LogP contribution in [-0.4, -0.2) is 57.2 Å². The molecule has 2 atom stereocenters. The second-order valence-electron chi connectivity index (χ2n) is 6.14. The number of methoxy groups -OCH3 is 1. The molecule has 1 aliphatic rings. The zero-order chi connectivity index (χ0) is 20.7. The molecule has 152 valence electrons. The van der Waals surface area contributed by atoms with Gasteiger partial charge in [-0.3, -0.25) is 9.79 Å². The number of rotatable bonds is 8. The molecule has 2 unspecified atom stereocenters. The van der Waals surface area contributed by atoms with Crippen LogP contribution in [0.1, 0.15) is 19.4 Å². The van der Waals surface area contributed by atoms with Crippen molar-refractivity contribution >= 4 is 34.8 Å². The average Bonchev–Trinajstić information content (AvgIpc) is 2.67. The van der Waals surface area contributed by atoms with Crippen LogP contribution in [0, 0.1) is 5.92 Å². The van der Waals surface area contributed by atoms with Gasteiger partial charge in [-0.05, 0) is 31.1 Å². The lowest BCUT2D eigenvalue weighted by molar-refractivity contribution is -0.147. The number of carbonyl (C=O) groups is 2. The van der Waals surface area contributed by atoms with Crippen LogP contribution in [0.4, 0.5) is 0 Å².